The lowest BCUT2D eigenvalue weighted by Crippen LogP contribution is -2.43. The van der Waals surface area contributed by atoms with Gasteiger partial charge in [0.15, 0.2) is 5.57 Å². The average Bonchev–Trinajstić information content (AvgIpc) is 2.83. The summed E-state index contributed by atoms with van der Waals surface area (Å²) in [4.78, 5) is 51.5. The zero-order valence-electron chi connectivity index (χ0n) is 18.4. The van der Waals surface area contributed by atoms with Crippen molar-refractivity contribution in [1.29, 1.82) is 0 Å². The van der Waals surface area contributed by atoms with E-state index in [0.717, 1.165) is 42.4 Å². The largest absolute Gasteiger partial charge is 0.494 e. The van der Waals surface area contributed by atoms with Crippen LogP contribution in [-0.2, 0) is 19.2 Å². The average molecular weight is 453 g/mol. The van der Waals surface area contributed by atoms with Crippen LogP contribution in [0.2, 0.25) is 0 Å². The van der Waals surface area contributed by atoms with Crippen LogP contribution in [0.4, 0.5) is 5.69 Å². The minimum Gasteiger partial charge on any atom is -0.494 e. The predicted octanol–water partition coefficient (Wildman–Crippen LogP) is 2.56. The second-order valence-corrected chi connectivity index (χ2v) is 7.96. The number of rotatable bonds is 8. The molecular weight excluding hydrogens is 426 g/mol. The zero-order valence-corrected chi connectivity index (χ0v) is 18.4. The van der Waals surface area contributed by atoms with Crippen LogP contribution in [0, 0.1) is 0 Å². The Labute approximate surface area is 191 Å². The van der Waals surface area contributed by atoms with Gasteiger partial charge >= 0.3 is 5.97 Å². The van der Waals surface area contributed by atoms with Crippen LogP contribution in [0.1, 0.15) is 32.1 Å². The third-order valence-electron chi connectivity index (χ3n) is 5.87. The third-order valence-corrected chi connectivity index (χ3v) is 5.87. The molecule has 2 aromatic rings. The number of carboxylic acid groups (broad SMARTS) is 1. The molecule has 33 heavy (non-hydrogen) atoms. The fraction of sp³-hybridized carbons (Fsp3) is 0.333. The number of carbonyl (C=O) groups is 4. The molecule has 1 fully saturated rings. The second kappa shape index (κ2) is 10.6. The van der Waals surface area contributed by atoms with Crippen molar-refractivity contribution in [3.63, 3.8) is 0 Å². The molecule has 0 saturated heterocycles. The van der Waals surface area contributed by atoms with Crippen molar-refractivity contribution in [2.75, 3.05) is 18.5 Å². The summed E-state index contributed by atoms with van der Waals surface area (Å²) in [5.41, 5.74) is -0.450. The van der Waals surface area contributed by atoms with Crippen molar-refractivity contribution in [3.8, 4) is 0 Å². The quantitative estimate of drug-likeness (QED) is 0.184. The minimum absolute atomic E-state index is 0.0870. The van der Waals surface area contributed by atoms with Crippen LogP contribution < -0.4 is 10.2 Å². The number of nitrogens with zero attached hydrogens (tertiary/aromatic N) is 2. The molecule has 0 radical (unpaired) electrons. The highest BCUT2D eigenvalue weighted by atomic mass is 16.4. The molecule has 3 N–H and O–H groups in total. The summed E-state index contributed by atoms with van der Waals surface area (Å²) in [6, 6.07) is 12.1. The summed E-state index contributed by atoms with van der Waals surface area (Å²) < 4.78 is 0. The number of benzene rings is 2. The SMILES string of the molecule is CN(C(O)=C(C(=O)NCC(=O)O)C(=O)N(C=O)c1cccc2ccccc12)C1CCCCC1. The van der Waals surface area contributed by atoms with Crippen molar-refractivity contribution < 1.29 is 29.4 Å². The molecule has 1 saturated carbocycles. The van der Waals surface area contributed by atoms with Crippen molar-refractivity contribution >= 4 is 40.7 Å². The molecule has 3 rings (SSSR count). The van der Waals surface area contributed by atoms with Gasteiger partial charge in [-0.15, -0.1) is 0 Å². The van der Waals surface area contributed by atoms with Crippen LogP contribution in [0.3, 0.4) is 0 Å². The van der Waals surface area contributed by atoms with Crippen molar-refractivity contribution in [3.05, 3.63) is 53.9 Å². The van der Waals surface area contributed by atoms with Gasteiger partial charge in [-0.3, -0.25) is 19.2 Å². The van der Waals surface area contributed by atoms with Crippen LogP contribution in [0.5, 0.6) is 0 Å². The maximum Gasteiger partial charge on any atom is 0.322 e. The first kappa shape index (κ1) is 23.8. The van der Waals surface area contributed by atoms with E-state index in [1.807, 2.05) is 18.2 Å². The fourth-order valence-electron chi connectivity index (χ4n) is 4.11. The molecule has 3 amide bonds. The van der Waals surface area contributed by atoms with Gasteiger partial charge in [0.2, 0.25) is 12.3 Å². The highest BCUT2D eigenvalue weighted by molar-refractivity contribution is 6.29. The molecule has 9 nitrogen and oxygen atoms in total. The molecule has 0 bridgehead atoms. The number of carbonyl (C=O) groups excluding carboxylic acids is 3. The van der Waals surface area contributed by atoms with Gasteiger partial charge in [-0.05, 0) is 24.3 Å². The number of anilines is 1. The van der Waals surface area contributed by atoms with Crippen LogP contribution in [-0.4, -0.2) is 58.9 Å². The number of nitrogens with one attached hydrogen (secondary N) is 1. The number of carboxylic acids is 1. The molecule has 0 atom stereocenters. The van der Waals surface area contributed by atoms with Gasteiger partial charge in [0.05, 0.1) is 5.69 Å². The Kier molecular flexibility index (Phi) is 7.66. The minimum atomic E-state index is -1.31. The monoisotopic (exact) mass is 453 g/mol. The Hall–Kier alpha value is -3.88. The molecule has 2 aromatic carbocycles. The van der Waals surface area contributed by atoms with Crippen molar-refractivity contribution in [2.24, 2.45) is 0 Å². The Bertz CT molecular complexity index is 1090. The number of fused-ring (bicyclic) bond motifs is 1. The molecule has 0 heterocycles. The topological polar surface area (TPSA) is 127 Å². The lowest BCUT2D eigenvalue weighted by molar-refractivity contribution is -0.138. The van der Waals surface area contributed by atoms with E-state index in [2.05, 4.69) is 5.32 Å². The number of amides is 3. The van der Waals surface area contributed by atoms with E-state index >= 15 is 0 Å². The molecule has 0 aliphatic heterocycles. The summed E-state index contributed by atoms with van der Waals surface area (Å²) in [5.74, 6) is -4.03. The van der Waals surface area contributed by atoms with Crippen LogP contribution in [0.15, 0.2) is 53.9 Å². The Morgan fingerprint density at radius 1 is 1.03 bits per heavy atom. The highest BCUT2D eigenvalue weighted by Gasteiger charge is 2.33. The molecule has 0 spiro atoms. The smallest absolute Gasteiger partial charge is 0.322 e. The van der Waals surface area contributed by atoms with Gasteiger partial charge in [0.25, 0.3) is 11.8 Å². The van der Waals surface area contributed by atoms with Gasteiger partial charge < -0.3 is 20.4 Å². The molecule has 0 aromatic heterocycles. The van der Waals surface area contributed by atoms with Crippen molar-refractivity contribution in [2.45, 2.75) is 38.1 Å². The first-order valence-corrected chi connectivity index (χ1v) is 10.8. The number of aliphatic carboxylic acids is 1. The first-order chi connectivity index (χ1) is 15.8. The van der Waals surface area contributed by atoms with Gasteiger partial charge in [0, 0.05) is 18.5 Å². The molecule has 174 valence electrons. The van der Waals surface area contributed by atoms with E-state index in [1.165, 1.54) is 4.90 Å². The van der Waals surface area contributed by atoms with Crippen molar-refractivity contribution in [1.82, 2.24) is 10.2 Å². The van der Waals surface area contributed by atoms with Gasteiger partial charge in [0.1, 0.15) is 6.54 Å². The molecular formula is C24H27N3O6. The fourth-order valence-corrected chi connectivity index (χ4v) is 4.11. The second-order valence-electron chi connectivity index (χ2n) is 7.96. The summed E-state index contributed by atoms with van der Waals surface area (Å²) in [5, 5.41) is 23.4. The number of aliphatic hydroxyl groups is 1. The van der Waals surface area contributed by atoms with Crippen LogP contribution in [0.25, 0.3) is 10.8 Å². The number of aliphatic hydroxyl groups excluding tert-OH is 1. The molecule has 1 aliphatic rings. The van der Waals surface area contributed by atoms with E-state index < -0.39 is 35.8 Å². The molecule has 0 unspecified atom stereocenters. The number of hydrogen-bond acceptors (Lipinski definition) is 6. The Balaban J connectivity index is 2.05. The van der Waals surface area contributed by atoms with Gasteiger partial charge in [-0.1, -0.05) is 55.7 Å². The summed E-state index contributed by atoms with van der Waals surface area (Å²) in [7, 11) is 1.58. The standard InChI is InChI=1S/C24H27N3O6/c1-26(17-10-3-2-4-11-17)23(32)21(22(31)25-14-20(29)30)24(33)27(15-28)19-13-7-9-16-8-5-6-12-18(16)19/h5-9,12-13,15,17,32H,2-4,10-11,14H2,1H3,(H,25,31)(H,29,30). The lowest BCUT2D eigenvalue weighted by atomic mass is 9.94. The van der Waals surface area contributed by atoms with E-state index in [9.17, 15) is 24.3 Å². The first-order valence-electron chi connectivity index (χ1n) is 10.8. The number of imide groups is 1. The maximum atomic E-state index is 13.5. The van der Waals surface area contributed by atoms with Gasteiger partial charge in [-0.2, -0.15) is 0 Å². The van der Waals surface area contributed by atoms with Gasteiger partial charge in [-0.25, -0.2) is 4.90 Å². The van der Waals surface area contributed by atoms with E-state index in [0.29, 0.717) is 5.39 Å². The highest BCUT2D eigenvalue weighted by Crippen LogP contribution is 2.29. The van der Waals surface area contributed by atoms with Crippen LogP contribution >= 0.6 is 0 Å². The predicted molar refractivity (Wildman–Crippen MR) is 122 cm³/mol. The summed E-state index contributed by atoms with van der Waals surface area (Å²) in [6.45, 7) is -0.745. The lowest BCUT2D eigenvalue weighted by Gasteiger charge is -2.33. The summed E-state index contributed by atoms with van der Waals surface area (Å²) in [6.07, 6.45) is 4.81. The van der Waals surface area contributed by atoms with E-state index in [-0.39, 0.29) is 18.1 Å². The number of hydrogen-bond donors (Lipinski definition) is 3. The van der Waals surface area contributed by atoms with E-state index in [4.69, 9.17) is 5.11 Å². The zero-order chi connectivity index (χ0) is 24.0. The maximum absolute atomic E-state index is 13.5. The Morgan fingerprint density at radius 2 is 1.70 bits per heavy atom. The molecule has 1 aliphatic carbocycles. The summed E-state index contributed by atoms with van der Waals surface area (Å²) >= 11 is 0. The Morgan fingerprint density at radius 3 is 2.36 bits per heavy atom. The third kappa shape index (κ3) is 5.31. The van der Waals surface area contributed by atoms with E-state index in [1.54, 1.807) is 31.3 Å². The normalized spacial score (nSPS) is 14.8. The molecule has 9 heteroatoms.